The van der Waals surface area contributed by atoms with Gasteiger partial charge < -0.3 is 4.90 Å². The zero-order valence-electron chi connectivity index (χ0n) is 10.2. The Balaban J connectivity index is 1.97. The van der Waals surface area contributed by atoms with E-state index in [1.54, 1.807) is 12.1 Å². The summed E-state index contributed by atoms with van der Waals surface area (Å²) in [6.07, 6.45) is 3.67. The molecule has 2 nitrogen and oxygen atoms in total. The number of rotatable bonds is 5. The molecular formula is C14H17ClFNO. The van der Waals surface area contributed by atoms with Crippen molar-refractivity contribution in [3.63, 3.8) is 0 Å². The molecule has 18 heavy (non-hydrogen) atoms. The van der Waals surface area contributed by atoms with Crippen LogP contribution in [0, 0.1) is 5.82 Å². The van der Waals surface area contributed by atoms with E-state index in [1.165, 1.54) is 18.6 Å². The molecule has 1 aromatic rings. The molecule has 0 spiro atoms. The molecule has 0 saturated heterocycles. The van der Waals surface area contributed by atoms with Gasteiger partial charge in [0.05, 0.1) is 6.42 Å². The molecule has 98 valence electrons. The Bertz CT molecular complexity index is 403. The number of amides is 1. The van der Waals surface area contributed by atoms with Crippen molar-refractivity contribution in [2.75, 3.05) is 12.4 Å². The molecule has 4 heteroatoms. The quantitative estimate of drug-likeness (QED) is 0.753. The summed E-state index contributed by atoms with van der Waals surface area (Å²) in [7, 11) is 0. The Morgan fingerprint density at radius 1 is 1.33 bits per heavy atom. The van der Waals surface area contributed by atoms with Gasteiger partial charge in [-0.05, 0) is 37.0 Å². The first-order valence-corrected chi connectivity index (χ1v) is 6.84. The van der Waals surface area contributed by atoms with Crippen LogP contribution < -0.4 is 0 Å². The Labute approximate surface area is 112 Å². The Hall–Kier alpha value is -1.09. The van der Waals surface area contributed by atoms with Crippen molar-refractivity contribution in [1.82, 2.24) is 4.90 Å². The third-order valence-electron chi connectivity index (χ3n) is 3.43. The summed E-state index contributed by atoms with van der Waals surface area (Å²) >= 11 is 5.75. The molecule has 0 aromatic heterocycles. The average molecular weight is 270 g/mol. The minimum Gasteiger partial charge on any atom is -0.338 e. The van der Waals surface area contributed by atoms with E-state index in [2.05, 4.69) is 0 Å². The minimum atomic E-state index is -0.275. The van der Waals surface area contributed by atoms with Crippen LogP contribution in [0.4, 0.5) is 4.39 Å². The van der Waals surface area contributed by atoms with Gasteiger partial charge in [0, 0.05) is 18.5 Å². The van der Waals surface area contributed by atoms with Gasteiger partial charge in [0.25, 0.3) is 0 Å². The first-order chi connectivity index (χ1) is 8.70. The van der Waals surface area contributed by atoms with E-state index in [-0.39, 0.29) is 11.7 Å². The lowest BCUT2D eigenvalue weighted by Crippen LogP contribution is -2.45. The van der Waals surface area contributed by atoms with Gasteiger partial charge in [-0.15, -0.1) is 11.6 Å². The van der Waals surface area contributed by atoms with E-state index in [9.17, 15) is 9.18 Å². The van der Waals surface area contributed by atoms with Gasteiger partial charge in [0.2, 0.25) is 5.91 Å². The van der Waals surface area contributed by atoms with Crippen LogP contribution in [0.25, 0.3) is 0 Å². The van der Waals surface area contributed by atoms with Gasteiger partial charge in [-0.25, -0.2) is 4.39 Å². The van der Waals surface area contributed by atoms with Crippen LogP contribution >= 0.6 is 11.6 Å². The lowest BCUT2D eigenvalue weighted by Gasteiger charge is -2.37. The highest BCUT2D eigenvalue weighted by atomic mass is 35.5. The molecule has 0 atom stereocenters. The average Bonchev–Trinajstić information content (AvgIpc) is 2.29. The van der Waals surface area contributed by atoms with E-state index in [0.29, 0.717) is 24.9 Å². The number of hydrogen-bond donors (Lipinski definition) is 0. The van der Waals surface area contributed by atoms with Crippen LogP contribution in [0.3, 0.4) is 0 Å². The molecule has 1 amide bonds. The summed E-state index contributed by atoms with van der Waals surface area (Å²) in [6, 6.07) is 6.45. The Morgan fingerprint density at radius 3 is 2.50 bits per heavy atom. The van der Waals surface area contributed by atoms with E-state index >= 15 is 0 Å². The molecule has 0 bridgehead atoms. The molecule has 1 aliphatic rings. The molecule has 0 unspecified atom stereocenters. The normalized spacial score (nSPS) is 15.2. The second-order valence-corrected chi connectivity index (χ2v) is 5.04. The number of halogens is 2. The molecule has 0 N–H and O–H groups in total. The zero-order chi connectivity index (χ0) is 13.0. The van der Waals surface area contributed by atoms with Crippen molar-refractivity contribution >= 4 is 17.5 Å². The van der Waals surface area contributed by atoms with Gasteiger partial charge in [-0.3, -0.25) is 4.79 Å². The third kappa shape index (κ3) is 3.22. The fraction of sp³-hybridized carbons (Fsp3) is 0.500. The highest BCUT2D eigenvalue weighted by Gasteiger charge is 2.27. The van der Waals surface area contributed by atoms with E-state index in [1.807, 2.05) is 4.90 Å². The fourth-order valence-corrected chi connectivity index (χ4v) is 2.36. The number of nitrogens with zero attached hydrogens (tertiary/aromatic N) is 1. The van der Waals surface area contributed by atoms with Crippen molar-refractivity contribution in [3.8, 4) is 0 Å². The monoisotopic (exact) mass is 269 g/mol. The van der Waals surface area contributed by atoms with Crippen LogP contribution in [0.2, 0.25) is 0 Å². The second-order valence-electron chi connectivity index (χ2n) is 4.66. The topological polar surface area (TPSA) is 20.3 Å². The maximum Gasteiger partial charge on any atom is 0.227 e. The van der Waals surface area contributed by atoms with Crippen LogP contribution in [0.1, 0.15) is 24.8 Å². The van der Waals surface area contributed by atoms with Crippen LogP contribution in [-0.4, -0.2) is 29.3 Å². The zero-order valence-corrected chi connectivity index (χ0v) is 11.0. The molecular weight excluding hydrogens is 253 g/mol. The summed E-state index contributed by atoms with van der Waals surface area (Å²) < 4.78 is 12.8. The van der Waals surface area contributed by atoms with Crippen LogP contribution in [0.5, 0.6) is 0 Å². The van der Waals surface area contributed by atoms with Gasteiger partial charge >= 0.3 is 0 Å². The smallest absolute Gasteiger partial charge is 0.227 e. The fourth-order valence-electron chi connectivity index (χ4n) is 2.18. The number of benzene rings is 1. The first kappa shape index (κ1) is 13.3. The third-order valence-corrected chi connectivity index (χ3v) is 3.60. The van der Waals surface area contributed by atoms with Crippen molar-refractivity contribution in [3.05, 3.63) is 35.6 Å². The van der Waals surface area contributed by atoms with Gasteiger partial charge in [0.1, 0.15) is 5.82 Å². The molecule has 1 aromatic carbocycles. The molecule has 1 aliphatic carbocycles. The Morgan fingerprint density at radius 2 is 2.00 bits per heavy atom. The van der Waals surface area contributed by atoms with Crippen LogP contribution in [-0.2, 0) is 11.2 Å². The lowest BCUT2D eigenvalue weighted by molar-refractivity contribution is -0.134. The number of carbonyl (C=O) groups is 1. The standard InChI is InChI=1S/C14H17ClFNO/c15-8-9-17(13-2-1-3-13)14(18)10-11-4-6-12(16)7-5-11/h4-7,13H,1-3,8-10H2. The maximum absolute atomic E-state index is 12.8. The molecule has 0 aliphatic heterocycles. The van der Waals surface area contributed by atoms with Gasteiger partial charge in [0.15, 0.2) is 0 Å². The van der Waals surface area contributed by atoms with E-state index in [4.69, 9.17) is 11.6 Å². The lowest BCUT2D eigenvalue weighted by atomic mass is 9.91. The van der Waals surface area contributed by atoms with Crippen molar-refractivity contribution < 1.29 is 9.18 Å². The van der Waals surface area contributed by atoms with Crippen molar-refractivity contribution in [2.45, 2.75) is 31.7 Å². The summed E-state index contributed by atoms with van der Waals surface area (Å²) in [4.78, 5) is 14.1. The number of alkyl halides is 1. The predicted molar refractivity (Wildman–Crippen MR) is 70.2 cm³/mol. The summed E-state index contributed by atoms with van der Waals surface area (Å²) in [5.74, 6) is 0.279. The Kier molecular flexibility index (Phi) is 4.59. The summed E-state index contributed by atoms with van der Waals surface area (Å²) in [6.45, 7) is 0.603. The predicted octanol–water partition coefficient (Wildman–Crippen LogP) is 2.99. The van der Waals surface area contributed by atoms with E-state index < -0.39 is 0 Å². The highest BCUT2D eigenvalue weighted by Crippen LogP contribution is 2.25. The minimum absolute atomic E-state index is 0.0898. The molecule has 1 fully saturated rings. The van der Waals surface area contributed by atoms with Crippen molar-refractivity contribution in [2.24, 2.45) is 0 Å². The van der Waals surface area contributed by atoms with Crippen molar-refractivity contribution in [1.29, 1.82) is 0 Å². The SMILES string of the molecule is O=C(Cc1ccc(F)cc1)N(CCCl)C1CCC1. The van der Waals surface area contributed by atoms with Crippen LogP contribution in [0.15, 0.2) is 24.3 Å². The number of hydrogen-bond acceptors (Lipinski definition) is 1. The maximum atomic E-state index is 12.8. The van der Waals surface area contributed by atoms with E-state index in [0.717, 1.165) is 18.4 Å². The summed E-state index contributed by atoms with van der Waals surface area (Å²) in [5, 5.41) is 0. The molecule has 2 rings (SSSR count). The van der Waals surface area contributed by atoms with Gasteiger partial charge in [-0.2, -0.15) is 0 Å². The largest absolute Gasteiger partial charge is 0.338 e. The molecule has 1 saturated carbocycles. The molecule has 0 heterocycles. The summed E-state index contributed by atoms with van der Waals surface area (Å²) in [5.41, 5.74) is 0.847. The highest BCUT2D eigenvalue weighted by molar-refractivity contribution is 6.18. The first-order valence-electron chi connectivity index (χ1n) is 6.30. The van der Waals surface area contributed by atoms with Gasteiger partial charge in [-0.1, -0.05) is 12.1 Å². The number of carbonyl (C=O) groups excluding carboxylic acids is 1. The molecule has 0 radical (unpaired) electrons. The second kappa shape index (κ2) is 6.19.